The number of hydrogen-bond acceptors (Lipinski definition) is 6. The maximum Gasteiger partial charge on any atom is 0.351 e. The number of amides is 1. The molecule has 3 atom stereocenters. The third kappa shape index (κ3) is 4.32. The summed E-state index contributed by atoms with van der Waals surface area (Å²) in [5, 5.41) is 7.81. The molecule has 0 saturated heterocycles. The van der Waals surface area contributed by atoms with E-state index in [0.717, 1.165) is 29.8 Å². The zero-order valence-corrected chi connectivity index (χ0v) is 16.9. The van der Waals surface area contributed by atoms with Gasteiger partial charge in [0.15, 0.2) is 6.10 Å². The van der Waals surface area contributed by atoms with E-state index in [2.05, 4.69) is 17.2 Å². The summed E-state index contributed by atoms with van der Waals surface area (Å²) in [5.74, 6) is -0.245. The van der Waals surface area contributed by atoms with E-state index in [-0.39, 0.29) is 11.9 Å². The van der Waals surface area contributed by atoms with Crippen LogP contribution in [0, 0.1) is 12.8 Å². The lowest BCUT2D eigenvalue weighted by Crippen LogP contribution is -2.45. The number of thiophene rings is 1. The van der Waals surface area contributed by atoms with Crippen molar-refractivity contribution in [1.82, 2.24) is 10.3 Å². The second-order valence-electron chi connectivity index (χ2n) is 6.87. The largest absolute Gasteiger partial charge is 0.448 e. The van der Waals surface area contributed by atoms with Gasteiger partial charge in [0.25, 0.3) is 5.91 Å². The maximum atomic E-state index is 12.5. The molecule has 2 aromatic heterocycles. The lowest BCUT2D eigenvalue weighted by molar-refractivity contribution is -0.130. The second-order valence-corrected chi connectivity index (χ2v) is 8.65. The first-order chi connectivity index (χ1) is 12.5. The molecule has 1 N–H and O–H groups in total. The van der Waals surface area contributed by atoms with Crippen LogP contribution in [0.4, 0.5) is 0 Å². The molecule has 2 heterocycles. The number of aryl methyl sites for hydroxylation is 1. The highest BCUT2D eigenvalue weighted by molar-refractivity contribution is 7.17. The number of ether oxygens (including phenoxy) is 1. The standard InChI is InChI=1S/C19H24N2O3S2/c1-11-6-4-5-7-15(11)21-17(22)13(3)24-19(23)16-12(2)20-18(26-16)14-8-9-25-10-14/h8-11,13,15H,4-7H2,1-3H3,(H,21,22). The van der Waals surface area contributed by atoms with Gasteiger partial charge in [-0.3, -0.25) is 4.79 Å². The molecule has 5 nitrogen and oxygen atoms in total. The molecule has 1 aliphatic carbocycles. The van der Waals surface area contributed by atoms with E-state index < -0.39 is 12.1 Å². The normalized spacial score (nSPS) is 21.2. The summed E-state index contributed by atoms with van der Waals surface area (Å²) in [4.78, 5) is 29.8. The summed E-state index contributed by atoms with van der Waals surface area (Å²) in [6.07, 6.45) is 3.66. The van der Waals surface area contributed by atoms with Crippen LogP contribution in [0.2, 0.25) is 0 Å². The molecule has 140 valence electrons. The zero-order valence-electron chi connectivity index (χ0n) is 15.3. The van der Waals surface area contributed by atoms with Crippen LogP contribution >= 0.6 is 22.7 Å². The van der Waals surface area contributed by atoms with Gasteiger partial charge in [0.05, 0.1) is 5.69 Å². The van der Waals surface area contributed by atoms with Crippen LogP contribution in [0.15, 0.2) is 16.8 Å². The molecule has 2 aromatic rings. The Bertz CT molecular complexity index is 770. The molecular formula is C19H24N2O3S2. The number of nitrogens with one attached hydrogen (secondary N) is 1. The smallest absolute Gasteiger partial charge is 0.351 e. The van der Waals surface area contributed by atoms with Crippen LogP contribution in [0.1, 0.15) is 54.9 Å². The lowest BCUT2D eigenvalue weighted by Gasteiger charge is -2.30. The van der Waals surface area contributed by atoms with Crippen molar-refractivity contribution < 1.29 is 14.3 Å². The zero-order chi connectivity index (χ0) is 18.7. The first-order valence-corrected chi connectivity index (χ1v) is 10.7. The van der Waals surface area contributed by atoms with Gasteiger partial charge in [-0.25, -0.2) is 9.78 Å². The van der Waals surface area contributed by atoms with Crippen LogP contribution < -0.4 is 5.32 Å². The third-order valence-corrected chi connectivity index (χ3v) is 6.71. The number of carbonyl (C=O) groups is 2. The van der Waals surface area contributed by atoms with Crippen molar-refractivity contribution in [1.29, 1.82) is 0 Å². The van der Waals surface area contributed by atoms with Crippen LogP contribution in [-0.2, 0) is 9.53 Å². The number of nitrogens with zero attached hydrogens (tertiary/aromatic N) is 1. The monoisotopic (exact) mass is 392 g/mol. The summed E-state index contributed by atoms with van der Waals surface area (Å²) < 4.78 is 5.41. The fraction of sp³-hybridized carbons (Fsp3) is 0.526. The van der Waals surface area contributed by atoms with Gasteiger partial charge in [-0.05, 0) is 44.1 Å². The average Bonchev–Trinajstić information content (AvgIpc) is 3.26. The predicted molar refractivity (Wildman–Crippen MR) is 105 cm³/mol. The van der Waals surface area contributed by atoms with Crippen LogP contribution in [0.5, 0.6) is 0 Å². The van der Waals surface area contributed by atoms with Crippen molar-refractivity contribution in [2.75, 3.05) is 0 Å². The van der Waals surface area contributed by atoms with E-state index in [0.29, 0.717) is 16.5 Å². The first kappa shape index (κ1) is 19.0. The van der Waals surface area contributed by atoms with E-state index in [1.165, 1.54) is 17.8 Å². The molecule has 1 saturated carbocycles. The Morgan fingerprint density at radius 3 is 2.81 bits per heavy atom. The number of thiazole rings is 1. The number of hydrogen-bond donors (Lipinski definition) is 1. The van der Waals surface area contributed by atoms with Gasteiger partial charge in [0, 0.05) is 17.0 Å². The average molecular weight is 393 g/mol. The van der Waals surface area contributed by atoms with Crippen molar-refractivity contribution in [2.45, 2.75) is 58.6 Å². The van der Waals surface area contributed by atoms with E-state index in [4.69, 9.17) is 4.74 Å². The molecule has 26 heavy (non-hydrogen) atoms. The summed E-state index contributed by atoms with van der Waals surface area (Å²) in [7, 11) is 0. The molecule has 0 spiro atoms. The highest BCUT2D eigenvalue weighted by Crippen LogP contribution is 2.30. The Labute approximate surface area is 161 Å². The maximum absolute atomic E-state index is 12.5. The molecular weight excluding hydrogens is 368 g/mol. The lowest BCUT2D eigenvalue weighted by atomic mass is 9.86. The van der Waals surface area contributed by atoms with Gasteiger partial charge in [-0.2, -0.15) is 11.3 Å². The van der Waals surface area contributed by atoms with Gasteiger partial charge >= 0.3 is 5.97 Å². The van der Waals surface area contributed by atoms with Crippen molar-refractivity contribution in [2.24, 2.45) is 5.92 Å². The number of carbonyl (C=O) groups excluding carboxylic acids is 2. The van der Waals surface area contributed by atoms with Crippen LogP contribution in [0.25, 0.3) is 10.6 Å². The Morgan fingerprint density at radius 1 is 1.35 bits per heavy atom. The van der Waals surface area contributed by atoms with Gasteiger partial charge in [0.2, 0.25) is 0 Å². The highest BCUT2D eigenvalue weighted by atomic mass is 32.1. The first-order valence-electron chi connectivity index (χ1n) is 8.97. The second kappa shape index (κ2) is 8.31. The number of rotatable bonds is 5. The van der Waals surface area contributed by atoms with E-state index in [1.54, 1.807) is 25.2 Å². The summed E-state index contributed by atoms with van der Waals surface area (Å²) >= 11 is 2.89. The topological polar surface area (TPSA) is 68.3 Å². The molecule has 1 aliphatic rings. The van der Waals surface area contributed by atoms with Gasteiger partial charge in [-0.1, -0.05) is 19.8 Å². The molecule has 0 aliphatic heterocycles. The van der Waals surface area contributed by atoms with Gasteiger partial charge < -0.3 is 10.1 Å². The molecule has 0 radical (unpaired) electrons. The minimum absolute atomic E-state index is 0.174. The van der Waals surface area contributed by atoms with Gasteiger partial charge in [0.1, 0.15) is 9.88 Å². The van der Waals surface area contributed by atoms with E-state index in [9.17, 15) is 9.59 Å². The Kier molecular flexibility index (Phi) is 6.09. The minimum Gasteiger partial charge on any atom is -0.448 e. The molecule has 7 heteroatoms. The van der Waals surface area contributed by atoms with Crippen molar-refractivity contribution >= 4 is 34.6 Å². The molecule has 1 amide bonds. The third-order valence-electron chi connectivity index (χ3n) is 4.84. The van der Waals surface area contributed by atoms with Gasteiger partial charge in [-0.15, -0.1) is 11.3 Å². The fourth-order valence-corrected chi connectivity index (χ4v) is 4.85. The van der Waals surface area contributed by atoms with Crippen molar-refractivity contribution in [3.05, 3.63) is 27.4 Å². The SMILES string of the molecule is Cc1nc(-c2ccsc2)sc1C(=O)OC(C)C(=O)NC1CCCCC1C. The number of esters is 1. The van der Waals surface area contributed by atoms with Crippen molar-refractivity contribution in [3.8, 4) is 10.6 Å². The highest BCUT2D eigenvalue weighted by Gasteiger charge is 2.27. The minimum atomic E-state index is -0.817. The molecule has 3 unspecified atom stereocenters. The van der Waals surface area contributed by atoms with Crippen LogP contribution in [-0.4, -0.2) is 29.0 Å². The quantitative estimate of drug-likeness (QED) is 0.765. The summed E-state index contributed by atoms with van der Waals surface area (Å²) in [5.41, 5.74) is 1.63. The molecule has 0 bridgehead atoms. The fourth-order valence-electron chi connectivity index (χ4n) is 3.19. The summed E-state index contributed by atoms with van der Waals surface area (Å²) in [6.45, 7) is 5.57. The van der Waals surface area contributed by atoms with E-state index >= 15 is 0 Å². The Morgan fingerprint density at radius 2 is 2.12 bits per heavy atom. The molecule has 0 aromatic carbocycles. The molecule has 3 rings (SSSR count). The Balaban J connectivity index is 1.61. The van der Waals surface area contributed by atoms with E-state index in [1.807, 2.05) is 16.8 Å². The number of aromatic nitrogens is 1. The molecule has 1 fully saturated rings. The van der Waals surface area contributed by atoms with Crippen LogP contribution in [0.3, 0.4) is 0 Å². The predicted octanol–water partition coefficient (Wildman–Crippen LogP) is 4.42. The Hall–Kier alpha value is -1.73. The summed E-state index contributed by atoms with van der Waals surface area (Å²) in [6, 6.07) is 2.15. The van der Waals surface area contributed by atoms with Crippen molar-refractivity contribution in [3.63, 3.8) is 0 Å².